The van der Waals surface area contributed by atoms with Crippen LogP contribution >= 0.6 is 0 Å². The average molecular weight is 296 g/mol. The Morgan fingerprint density at radius 3 is 3.00 bits per heavy atom. The minimum atomic E-state index is 0.113. The number of nitrogens with one attached hydrogen (secondary N) is 1. The van der Waals surface area contributed by atoms with Crippen molar-refractivity contribution >= 4 is 5.91 Å². The van der Waals surface area contributed by atoms with Gasteiger partial charge in [0, 0.05) is 31.1 Å². The largest absolute Gasteiger partial charge is 0.352 e. The normalized spacial score (nSPS) is 17.4. The molecule has 1 aliphatic carbocycles. The Balaban J connectivity index is 1.65. The van der Waals surface area contributed by atoms with E-state index in [-0.39, 0.29) is 11.8 Å². The first kappa shape index (κ1) is 14.5. The monoisotopic (exact) mass is 296 g/mol. The van der Waals surface area contributed by atoms with Crippen molar-refractivity contribution in [1.82, 2.24) is 19.9 Å². The molecule has 0 radical (unpaired) electrons. The minimum absolute atomic E-state index is 0.113. The lowest BCUT2D eigenvalue weighted by atomic mass is 9.93. The number of hydrogen-bond donors (Lipinski definition) is 1. The highest BCUT2D eigenvalue weighted by molar-refractivity contribution is 5.78. The van der Waals surface area contributed by atoms with Gasteiger partial charge in [0.1, 0.15) is 11.6 Å². The maximum absolute atomic E-state index is 12.2. The first-order chi connectivity index (χ1) is 10.7. The molecule has 0 aromatic carbocycles. The van der Waals surface area contributed by atoms with Crippen LogP contribution in [0.15, 0.2) is 42.9 Å². The number of pyridine rings is 1. The third kappa shape index (κ3) is 3.24. The van der Waals surface area contributed by atoms with Crippen LogP contribution in [0.2, 0.25) is 0 Å². The fourth-order valence-corrected chi connectivity index (χ4v) is 2.69. The van der Waals surface area contributed by atoms with Crippen molar-refractivity contribution in [2.75, 3.05) is 0 Å². The summed E-state index contributed by atoms with van der Waals surface area (Å²) in [6.07, 6.45) is 12.4. The number of carbonyl (C=O) groups excluding carboxylic acids is 1. The number of aromatic nitrogens is 3. The Hall–Kier alpha value is -2.43. The number of hydrogen-bond acceptors (Lipinski definition) is 3. The fourth-order valence-electron chi connectivity index (χ4n) is 2.69. The third-order valence-corrected chi connectivity index (χ3v) is 3.99. The molecule has 1 N–H and O–H groups in total. The summed E-state index contributed by atoms with van der Waals surface area (Å²) in [7, 11) is 0. The predicted molar refractivity (Wildman–Crippen MR) is 84.4 cm³/mol. The predicted octanol–water partition coefficient (Wildman–Crippen LogP) is 2.55. The number of carbonyl (C=O) groups is 1. The van der Waals surface area contributed by atoms with Gasteiger partial charge in [-0.1, -0.05) is 12.2 Å². The lowest BCUT2D eigenvalue weighted by Crippen LogP contribution is -2.30. The third-order valence-electron chi connectivity index (χ3n) is 3.99. The molecular weight excluding hydrogens is 276 g/mol. The summed E-state index contributed by atoms with van der Waals surface area (Å²) in [6.45, 7) is 2.47. The van der Waals surface area contributed by atoms with Gasteiger partial charge in [-0.2, -0.15) is 0 Å². The molecule has 1 unspecified atom stereocenters. The minimum Gasteiger partial charge on any atom is -0.352 e. The number of nitrogens with zero attached hydrogens (tertiary/aromatic N) is 3. The highest BCUT2D eigenvalue weighted by Crippen LogP contribution is 2.18. The van der Waals surface area contributed by atoms with Gasteiger partial charge < -0.3 is 5.32 Å². The standard InChI is InChI=1S/C17H20N4O/c1-13-18-9-10-21(13)16-11-14(7-8-19-16)12-20-17(22)15-5-3-2-4-6-15/h2-3,7-11,15H,4-6,12H2,1H3,(H,20,22). The van der Waals surface area contributed by atoms with E-state index in [2.05, 4.69) is 27.4 Å². The molecule has 2 aromatic rings. The van der Waals surface area contributed by atoms with Crippen LogP contribution in [0.25, 0.3) is 5.82 Å². The number of aryl methyl sites for hydroxylation is 1. The van der Waals surface area contributed by atoms with Crippen molar-refractivity contribution in [3.8, 4) is 5.82 Å². The van der Waals surface area contributed by atoms with Crippen molar-refractivity contribution < 1.29 is 4.79 Å². The van der Waals surface area contributed by atoms with E-state index in [1.54, 1.807) is 12.4 Å². The molecule has 1 atom stereocenters. The lowest BCUT2D eigenvalue weighted by Gasteiger charge is -2.17. The molecule has 5 heteroatoms. The molecule has 0 aliphatic heterocycles. The van der Waals surface area contributed by atoms with Crippen LogP contribution in [0.1, 0.15) is 30.7 Å². The van der Waals surface area contributed by atoms with E-state index in [4.69, 9.17) is 0 Å². The van der Waals surface area contributed by atoms with Crippen LogP contribution in [0.4, 0.5) is 0 Å². The Labute approximate surface area is 130 Å². The van der Waals surface area contributed by atoms with Crippen LogP contribution in [0.3, 0.4) is 0 Å². The molecule has 0 saturated heterocycles. The lowest BCUT2D eigenvalue weighted by molar-refractivity contribution is -0.125. The van der Waals surface area contributed by atoms with Crippen LogP contribution in [-0.4, -0.2) is 20.4 Å². The van der Waals surface area contributed by atoms with Gasteiger partial charge in [-0.3, -0.25) is 9.36 Å². The SMILES string of the molecule is Cc1nccn1-c1cc(CNC(=O)C2CC=CCC2)ccn1. The van der Waals surface area contributed by atoms with Gasteiger partial charge in [-0.15, -0.1) is 0 Å². The first-order valence-corrected chi connectivity index (χ1v) is 7.62. The average Bonchev–Trinajstić information content (AvgIpc) is 3.00. The van der Waals surface area contributed by atoms with E-state index in [1.807, 2.05) is 29.8 Å². The number of imidazole rings is 1. The van der Waals surface area contributed by atoms with Gasteiger partial charge in [0.05, 0.1) is 0 Å². The summed E-state index contributed by atoms with van der Waals surface area (Å²) in [4.78, 5) is 20.7. The summed E-state index contributed by atoms with van der Waals surface area (Å²) in [5, 5.41) is 3.03. The molecule has 5 nitrogen and oxygen atoms in total. The highest BCUT2D eigenvalue weighted by Gasteiger charge is 2.18. The second kappa shape index (κ2) is 6.56. The smallest absolute Gasteiger partial charge is 0.223 e. The van der Waals surface area contributed by atoms with Gasteiger partial charge in [0.2, 0.25) is 5.91 Å². The zero-order valence-electron chi connectivity index (χ0n) is 12.7. The highest BCUT2D eigenvalue weighted by atomic mass is 16.1. The van der Waals surface area contributed by atoms with E-state index in [0.29, 0.717) is 6.54 Å². The van der Waals surface area contributed by atoms with E-state index in [0.717, 1.165) is 36.5 Å². The van der Waals surface area contributed by atoms with Crippen LogP contribution in [-0.2, 0) is 11.3 Å². The zero-order valence-corrected chi connectivity index (χ0v) is 12.7. The van der Waals surface area contributed by atoms with Gasteiger partial charge in [-0.05, 0) is 43.9 Å². The molecule has 0 fully saturated rings. The van der Waals surface area contributed by atoms with Gasteiger partial charge >= 0.3 is 0 Å². The van der Waals surface area contributed by atoms with Crippen LogP contribution < -0.4 is 5.32 Å². The van der Waals surface area contributed by atoms with Gasteiger partial charge in [0.25, 0.3) is 0 Å². The molecule has 0 spiro atoms. The van der Waals surface area contributed by atoms with Crippen molar-refractivity contribution in [3.63, 3.8) is 0 Å². The summed E-state index contributed by atoms with van der Waals surface area (Å²) in [5.41, 5.74) is 1.04. The van der Waals surface area contributed by atoms with E-state index in [1.165, 1.54) is 0 Å². The molecule has 3 rings (SSSR count). The second-order valence-electron chi connectivity index (χ2n) is 5.57. The van der Waals surface area contributed by atoms with Crippen molar-refractivity contribution in [2.24, 2.45) is 5.92 Å². The zero-order chi connectivity index (χ0) is 15.4. The maximum Gasteiger partial charge on any atom is 0.223 e. The Morgan fingerprint density at radius 1 is 1.36 bits per heavy atom. The van der Waals surface area contributed by atoms with E-state index in [9.17, 15) is 4.79 Å². The topological polar surface area (TPSA) is 59.8 Å². The van der Waals surface area contributed by atoms with Crippen LogP contribution in [0.5, 0.6) is 0 Å². The molecule has 22 heavy (non-hydrogen) atoms. The summed E-state index contributed by atoms with van der Waals surface area (Å²) < 4.78 is 1.93. The molecule has 2 heterocycles. The molecule has 0 bridgehead atoms. The summed E-state index contributed by atoms with van der Waals surface area (Å²) in [5.74, 6) is 1.97. The Kier molecular flexibility index (Phi) is 4.32. The fraction of sp³-hybridized carbons (Fsp3) is 0.353. The van der Waals surface area contributed by atoms with Gasteiger partial charge in [0.15, 0.2) is 0 Å². The Morgan fingerprint density at radius 2 is 2.27 bits per heavy atom. The molecular formula is C17H20N4O. The maximum atomic E-state index is 12.2. The molecule has 1 amide bonds. The molecule has 1 aliphatic rings. The molecule has 2 aromatic heterocycles. The number of rotatable bonds is 4. The van der Waals surface area contributed by atoms with E-state index < -0.39 is 0 Å². The summed E-state index contributed by atoms with van der Waals surface area (Å²) in [6, 6.07) is 3.91. The number of allylic oxidation sites excluding steroid dienone is 2. The van der Waals surface area contributed by atoms with Crippen molar-refractivity contribution in [3.05, 3.63) is 54.3 Å². The Bertz CT molecular complexity index is 689. The molecule has 0 saturated carbocycles. The van der Waals surface area contributed by atoms with Crippen molar-refractivity contribution in [1.29, 1.82) is 0 Å². The first-order valence-electron chi connectivity index (χ1n) is 7.62. The quantitative estimate of drug-likeness (QED) is 0.882. The summed E-state index contributed by atoms with van der Waals surface area (Å²) >= 11 is 0. The van der Waals surface area contributed by atoms with Crippen LogP contribution in [0, 0.1) is 12.8 Å². The van der Waals surface area contributed by atoms with E-state index >= 15 is 0 Å². The van der Waals surface area contributed by atoms with Crippen molar-refractivity contribution in [2.45, 2.75) is 32.7 Å². The number of amides is 1. The second-order valence-corrected chi connectivity index (χ2v) is 5.57. The van der Waals surface area contributed by atoms with Gasteiger partial charge in [-0.25, -0.2) is 9.97 Å². The molecule has 114 valence electrons.